The lowest BCUT2D eigenvalue weighted by Crippen LogP contribution is -2.47. The first-order valence-corrected chi connectivity index (χ1v) is 12.0. The van der Waals surface area contributed by atoms with Crippen LogP contribution in [0.15, 0.2) is 53.7 Å². The maximum absolute atomic E-state index is 13.3. The number of hydrogen-bond acceptors (Lipinski definition) is 4. The summed E-state index contributed by atoms with van der Waals surface area (Å²) in [5, 5.41) is 0. The van der Waals surface area contributed by atoms with Gasteiger partial charge in [0.05, 0.1) is 32.6 Å². The van der Waals surface area contributed by atoms with Crippen LogP contribution in [0.5, 0.6) is 0 Å². The third-order valence-corrected chi connectivity index (χ3v) is 9.19. The van der Waals surface area contributed by atoms with E-state index in [4.69, 9.17) is 0 Å². The minimum Gasteiger partial charge on any atom is -0.345 e. The van der Waals surface area contributed by atoms with E-state index in [-0.39, 0.29) is 16.7 Å². The van der Waals surface area contributed by atoms with Crippen molar-refractivity contribution in [1.82, 2.24) is 14.9 Å². The average Bonchev–Trinajstić information content (AvgIpc) is 3.26. The summed E-state index contributed by atoms with van der Waals surface area (Å²) in [6.45, 7) is 3.84. The first-order valence-electron chi connectivity index (χ1n) is 10.6. The Morgan fingerprint density at radius 2 is 1.79 bits per heavy atom. The second-order valence-electron chi connectivity index (χ2n) is 8.83. The number of halogens is 3. The molecule has 0 spiro atoms. The number of fused-ring (bicyclic) bond motifs is 1. The fourth-order valence-corrected chi connectivity index (χ4v) is 6.21. The maximum Gasteiger partial charge on any atom is 0.416 e. The molecule has 0 saturated carbocycles. The van der Waals surface area contributed by atoms with Gasteiger partial charge in [0.15, 0.2) is 9.84 Å². The fourth-order valence-electron chi connectivity index (χ4n) is 4.39. The molecule has 0 radical (unpaired) electrons. The summed E-state index contributed by atoms with van der Waals surface area (Å²) in [4.78, 5) is 21.4. The van der Waals surface area contributed by atoms with Crippen molar-refractivity contribution in [2.45, 2.75) is 42.5 Å². The zero-order valence-corrected chi connectivity index (χ0v) is 19.0. The van der Waals surface area contributed by atoms with E-state index in [0.29, 0.717) is 37.6 Å². The number of sulfone groups is 1. The number of hydrogen-bond donors (Lipinski definition) is 1. The molecule has 0 aliphatic carbocycles. The highest BCUT2D eigenvalue weighted by Crippen LogP contribution is 2.39. The van der Waals surface area contributed by atoms with Crippen LogP contribution in [0.4, 0.5) is 13.2 Å². The lowest BCUT2D eigenvalue weighted by atomic mass is 9.85. The predicted octanol–water partition coefficient (Wildman–Crippen LogP) is 4.69. The van der Waals surface area contributed by atoms with Crippen LogP contribution in [0.25, 0.3) is 11.0 Å². The van der Waals surface area contributed by atoms with Crippen molar-refractivity contribution in [1.29, 1.82) is 0 Å². The van der Waals surface area contributed by atoms with E-state index in [1.165, 1.54) is 6.07 Å². The van der Waals surface area contributed by atoms with Crippen LogP contribution >= 0.6 is 0 Å². The quantitative estimate of drug-likeness (QED) is 0.589. The Kier molecular flexibility index (Phi) is 5.76. The Labute approximate surface area is 189 Å². The molecule has 1 saturated heterocycles. The Balaban J connectivity index is 1.49. The largest absolute Gasteiger partial charge is 0.416 e. The average molecular weight is 480 g/mol. The van der Waals surface area contributed by atoms with E-state index in [0.717, 1.165) is 23.2 Å². The molecule has 0 atom stereocenters. The van der Waals surface area contributed by atoms with Gasteiger partial charge in [0, 0.05) is 18.7 Å². The number of piperidine rings is 1. The van der Waals surface area contributed by atoms with E-state index in [1.54, 1.807) is 43.3 Å². The molecule has 2 heterocycles. The minimum absolute atomic E-state index is 0.150. The molecule has 10 heteroatoms. The monoisotopic (exact) mass is 479 g/mol. The van der Waals surface area contributed by atoms with E-state index < -0.39 is 26.3 Å². The second kappa shape index (κ2) is 8.16. The Bertz CT molecular complexity index is 1290. The van der Waals surface area contributed by atoms with Gasteiger partial charge in [-0.3, -0.25) is 4.79 Å². The number of carbonyl (C=O) groups excluding carboxylic acids is 1. The number of imidazole rings is 1. The number of benzene rings is 2. The van der Waals surface area contributed by atoms with Gasteiger partial charge in [-0.15, -0.1) is 0 Å². The fraction of sp³-hybridized carbons (Fsp3) is 0.391. The second-order valence-corrected chi connectivity index (χ2v) is 11.4. The van der Waals surface area contributed by atoms with Gasteiger partial charge >= 0.3 is 6.18 Å². The molecule has 1 aliphatic heterocycles. The van der Waals surface area contributed by atoms with Crippen LogP contribution in [0.1, 0.15) is 42.6 Å². The summed E-state index contributed by atoms with van der Waals surface area (Å²) in [5.74, 6) is -0.459. The molecule has 1 fully saturated rings. The number of carbonyl (C=O) groups is 1. The zero-order chi connectivity index (χ0) is 24.0. The molecule has 1 N–H and O–H groups in total. The molecule has 33 heavy (non-hydrogen) atoms. The van der Waals surface area contributed by atoms with Crippen molar-refractivity contribution in [3.8, 4) is 0 Å². The lowest BCUT2D eigenvalue weighted by Gasteiger charge is -2.40. The third-order valence-electron chi connectivity index (χ3n) is 6.60. The van der Waals surface area contributed by atoms with Crippen molar-refractivity contribution in [2.24, 2.45) is 5.92 Å². The molecule has 1 aliphatic rings. The number of amides is 1. The van der Waals surface area contributed by atoms with Crippen LogP contribution in [0.3, 0.4) is 0 Å². The summed E-state index contributed by atoms with van der Waals surface area (Å²) in [7, 11) is -4.04. The minimum atomic E-state index is -4.62. The first kappa shape index (κ1) is 23.3. The summed E-state index contributed by atoms with van der Waals surface area (Å²) in [6.07, 6.45) is -2.20. The summed E-state index contributed by atoms with van der Waals surface area (Å²) < 4.78 is 64.6. The molecule has 3 aromatic rings. The van der Waals surface area contributed by atoms with Gasteiger partial charge in [0.1, 0.15) is 0 Å². The highest BCUT2D eigenvalue weighted by Gasteiger charge is 2.45. The highest BCUT2D eigenvalue weighted by atomic mass is 32.2. The molecular formula is C23H24F3N3O3S. The summed E-state index contributed by atoms with van der Waals surface area (Å²) in [5.41, 5.74) is 1.03. The van der Waals surface area contributed by atoms with Crippen LogP contribution in [-0.2, 0) is 16.0 Å². The van der Waals surface area contributed by atoms with Crippen LogP contribution in [-0.4, -0.2) is 47.0 Å². The zero-order valence-electron chi connectivity index (χ0n) is 18.2. The van der Waals surface area contributed by atoms with Crippen molar-refractivity contribution in [2.75, 3.05) is 13.1 Å². The van der Waals surface area contributed by atoms with Crippen LogP contribution in [0, 0.1) is 5.92 Å². The number of nitrogens with one attached hydrogen (secondary N) is 1. The van der Waals surface area contributed by atoms with Gasteiger partial charge in [-0.2, -0.15) is 13.2 Å². The van der Waals surface area contributed by atoms with Gasteiger partial charge in [-0.05, 0) is 69.0 Å². The number of aromatic amines is 1. The van der Waals surface area contributed by atoms with Crippen molar-refractivity contribution in [3.05, 3.63) is 59.9 Å². The molecule has 1 aromatic heterocycles. The normalized spacial score (nSPS) is 16.3. The summed E-state index contributed by atoms with van der Waals surface area (Å²) >= 11 is 0. The van der Waals surface area contributed by atoms with Gasteiger partial charge in [0.2, 0.25) is 0 Å². The van der Waals surface area contributed by atoms with Gasteiger partial charge in [-0.25, -0.2) is 13.4 Å². The first-order chi connectivity index (χ1) is 15.4. The van der Waals surface area contributed by atoms with Crippen LogP contribution < -0.4 is 0 Å². The molecule has 4 rings (SSSR count). The van der Waals surface area contributed by atoms with E-state index >= 15 is 0 Å². The smallest absolute Gasteiger partial charge is 0.345 e. The van der Waals surface area contributed by atoms with Crippen molar-refractivity contribution >= 4 is 26.8 Å². The number of aromatic nitrogens is 2. The van der Waals surface area contributed by atoms with Crippen molar-refractivity contribution in [3.63, 3.8) is 0 Å². The number of likely N-dealkylation sites (tertiary alicyclic amines) is 1. The Hall–Kier alpha value is -2.88. The lowest BCUT2D eigenvalue weighted by molar-refractivity contribution is -0.137. The standard InChI is InChI=1S/C23H24F3N3O3S/c1-22(2,33(31,32)18-5-3-4-17(13-18)23(24,25)26)16-8-10-29(11-9-16)21(30)15-6-7-19-20(12-15)28-14-27-19/h3-7,12-14,16H,8-11H2,1-2H3,(H,27,28). The number of alkyl halides is 3. The van der Waals surface area contributed by atoms with Gasteiger partial charge in [-0.1, -0.05) is 6.07 Å². The third kappa shape index (κ3) is 4.23. The molecular weight excluding hydrogens is 455 g/mol. The van der Waals surface area contributed by atoms with Crippen molar-refractivity contribution < 1.29 is 26.4 Å². The Morgan fingerprint density at radius 3 is 2.45 bits per heavy atom. The van der Waals surface area contributed by atoms with Gasteiger partial charge < -0.3 is 9.88 Å². The van der Waals surface area contributed by atoms with Crippen LogP contribution in [0.2, 0.25) is 0 Å². The molecule has 2 aromatic carbocycles. The van der Waals surface area contributed by atoms with Gasteiger partial charge in [0.25, 0.3) is 5.91 Å². The Morgan fingerprint density at radius 1 is 1.09 bits per heavy atom. The number of nitrogens with zero attached hydrogens (tertiary/aromatic N) is 2. The number of H-pyrrole nitrogens is 1. The number of rotatable bonds is 4. The molecule has 6 nitrogen and oxygen atoms in total. The topological polar surface area (TPSA) is 83.1 Å². The highest BCUT2D eigenvalue weighted by molar-refractivity contribution is 7.92. The SMILES string of the molecule is CC(C)(C1CCN(C(=O)c2ccc3nc[nH]c3c2)CC1)S(=O)(=O)c1cccc(C(F)(F)F)c1. The van der Waals surface area contributed by atoms with E-state index in [9.17, 15) is 26.4 Å². The molecule has 176 valence electrons. The maximum atomic E-state index is 13.3. The van der Waals surface area contributed by atoms with E-state index in [2.05, 4.69) is 9.97 Å². The molecule has 1 amide bonds. The molecule has 0 unspecified atom stereocenters. The summed E-state index contributed by atoms with van der Waals surface area (Å²) in [6, 6.07) is 9.08. The predicted molar refractivity (Wildman–Crippen MR) is 117 cm³/mol. The molecule has 0 bridgehead atoms. The van der Waals surface area contributed by atoms with E-state index in [1.807, 2.05) is 0 Å².